The van der Waals surface area contributed by atoms with E-state index in [1.807, 2.05) is 74.1 Å². The van der Waals surface area contributed by atoms with E-state index in [2.05, 4.69) is 15.4 Å². The molecule has 3 aromatic heterocycles. The molecule has 0 spiro atoms. The average Bonchev–Trinajstić information content (AvgIpc) is 3.50. The van der Waals surface area contributed by atoms with Crippen LogP contribution in [0.5, 0.6) is 0 Å². The zero-order chi connectivity index (χ0) is 22.2. The molecule has 1 aromatic carbocycles. The van der Waals surface area contributed by atoms with Crippen LogP contribution in [0.3, 0.4) is 0 Å². The Kier molecular flexibility index (Phi) is 5.20. The van der Waals surface area contributed by atoms with Crippen LogP contribution >= 0.6 is 22.7 Å². The summed E-state index contributed by atoms with van der Waals surface area (Å²) in [5.74, 6) is -0.266. The third-order valence-electron chi connectivity index (χ3n) is 5.13. The standard InChI is InChI=1S/C23H19N5O2S2/c1-14-19(21(29)26-16-7-4-3-5-8-16)20(17-9-6-10-31-17)28-22(30)18(32-23(28)25-14)11-15-12-24-27(2)13-15/h3-13,20H,1-2H3,(H,26,29)/b18-11+/t20-/m0/s1. The molecule has 1 amide bonds. The summed E-state index contributed by atoms with van der Waals surface area (Å²) in [5, 5.41) is 9.06. The number of para-hydroxylation sites is 1. The second kappa shape index (κ2) is 8.18. The number of rotatable bonds is 4. The Morgan fingerprint density at radius 1 is 1.19 bits per heavy atom. The van der Waals surface area contributed by atoms with E-state index in [0.29, 0.717) is 26.3 Å². The fourth-order valence-corrected chi connectivity index (χ4v) is 5.58. The molecule has 1 aliphatic heterocycles. The fraction of sp³-hybridized carbons (Fsp3) is 0.130. The largest absolute Gasteiger partial charge is 0.322 e. The maximum Gasteiger partial charge on any atom is 0.271 e. The molecule has 0 aliphatic carbocycles. The van der Waals surface area contributed by atoms with E-state index in [1.54, 1.807) is 15.4 Å². The number of thiophene rings is 1. The van der Waals surface area contributed by atoms with Gasteiger partial charge < -0.3 is 5.32 Å². The third kappa shape index (κ3) is 3.65. The Labute approximate surface area is 191 Å². The molecule has 0 unspecified atom stereocenters. The second-order valence-corrected chi connectivity index (χ2v) is 9.35. The maximum absolute atomic E-state index is 13.5. The summed E-state index contributed by atoms with van der Waals surface area (Å²) < 4.78 is 3.87. The van der Waals surface area contributed by atoms with Gasteiger partial charge in [-0.25, -0.2) is 4.99 Å². The zero-order valence-corrected chi connectivity index (χ0v) is 19.0. The van der Waals surface area contributed by atoms with Gasteiger partial charge >= 0.3 is 0 Å². The lowest BCUT2D eigenvalue weighted by Crippen LogP contribution is -2.40. The molecule has 1 atom stereocenters. The smallest absolute Gasteiger partial charge is 0.271 e. The summed E-state index contributed by atoms with van der Waals surface area (Å²) in [7, 11) is 1.83. The molecule has 9 heteroatoms. The van der Waals surface area contributed by atoms with E-state index in [9.17, 15) is 9.59 Å². The highest BCUT2D eigenvalue weighted by Gasteiger charge is 2.33. The van der Waals surface area contributed by atoms with Crippen LogP contribution in [-0.2, 0) is 11.8 Å². The van der Waals surface area contributed by atoms with E-state index >= 15 is 0 Å². The second-order valence-electron chi connectivity index (χ2n) is 7.36. The molecule has 4 aromatic rings. The highest BCUT2D eigenvalue weighted by Crippen LogP contribution is 2.33. The molecule has 5 rings (SSSR count). The van der Waals surface area contributed by atoms with Crippen LogP contribution in [0.15, 0.2) is 81.3 Å². The summed E-state index contributed by atoms with van der Waals surface area (Å²) in [4.78, 5) is 33.0. The lowest BCUT2D eigenvalue weighted by molar-refractivity contribution is -0.113. The number of aryl methyl sites for hydroxylation is 1. The van der Waals surface area contributed by atoms with Gasteiger partial charge in [-0.15, -0.1) is 11.3 Å². The van der Waals surface area contributed by atoms with E-state index in [1.165, 1.54) is 22.7 Å². The number of aromatic nitrogens is 3. The van der Waals surface area contributed by atoms with Gasteiger partial charge in [0.25, 0.3) is 11.5 Å². The van der Waals surface area contributed by atoms with Crippen molar-refractivity contribution in [1.82, 2.24) is 14.3 Å². The van der Waals surface area contributed by atoms with Crippen LogP contribution in [0.1, 0.15) is 23.4 Å². The minimum Gasteiger partial charge on any atom is -0.322 e. The first-order valence-electron chi connectivity index (χ1n) is 9.92. The van der Waals surface area contributed by atoms with Crippen molar-refractivity contribution >= 4 is 40.3 Å². The van der Waals surface area contributed by atoms with Crippen LogP contribution in [0.2, 0.25) is 0 Å². The van der Waals surface area contributed by atoms with E-state index in [0.717, 1.165) is 10.4 Å². The van der Waals surface area contributed by atoms with Crippen molar-refractivity contribution in [1.29, 1.82) is 0 Å². The first-order valence-corrected chi connectivity index (χ1v) is 11.6. The summed E-state index contributed by atoms with van der Waals surface area (Å²) in [6, 6.07) is 12.6. The molecular weight excluding hydrogens is 442 g/mol. The van der Waals surface area contributed by atoms with E-state index < -0.39 is 6.04 Å². The van der Waals surface area contributed by atoms with E-state index in [4.69, 9.17) is 0 Å². The van der Waals surface area contributed by atoms with E-state index in [-0.39, 0.29) is 11.5 Å². The number of hydrogen-bond acceptors (Lipinski definition) is 6. The third-order valence-corrected chi connectivity index (χ3v) is 7.04. The fourth-order valence-electron chi connectivity index (χ4n) is 3.71. The number of thiazole rings is 1. The average molecular weight is 462 g/mol. The molecule has 0 fully saturated rings. The predicted octanol–water partition coefficient (Wildman–Crippen LogP) is 2.67. The lowest BCUT2D eigenvalue weighted by Gasteiger charge is -2.24. The molecular formula is C23H19N5O2S2. The lowest BCUT2D eigenvalue weighted by atomic mass is 10.0. The topological polar surface area (TPSA) is 81.3 Å². The van der Waals surface area contributed by atoms with Crippen LogP contribution in [0.4, 0.5) is 5.69 Å². The number of carbonyl (C=O) groups is 1. The predicted molar refractivity (Wildman–Crippen MR) is 126 cm³/mol. The Hall–Kier alpha value is -3.56. The first kappa shape index (κ1) is 20.3. The highest BCUT2D eigenvalue weighted by molar-refractivity contribution is 7.10. The molecule has 4 heterocycles. The monoisotopic (exact) mass is 461 g/mol. The zero-order valence-electron chi connectivity index (χ0n) is 17.4. The van der Waals surface area contributed by atoms with Gasteiger partial charge in [-0.2, -0.15) is 5.10 Å². The van der Waals surface area contributed by atoms with Crippen LogP contribution in [-0.4, -0.2) is 20.3 Å². The van der Waals surface area contributed by atoms with Crippen molar-refractivity contribution in [2.24, 2.45) is 12.0 Å². The van der Waals surface area contributed by atoms with Gasteiger partial charge in [-0.3, -0.25) is 18.8 Å². The van der Waals surface area contributed by atoms with Gasteiger partial charge in [0.2, 0.25) is 0 Å². The number of carbonyl (C=O) groups excluding carboxylic acids is 1. The van der Waals surface area contributed by atoms with Crippen LogP contribution in [0.25, 0.3) is 6.08 Å². The first-order chi connectivity index (χ1) is 15.5. The highest BCUT2D eigenvalue weighted by atomic mass is 32.1. The van der Waals surface area contributed by atoms with Crippen molar-refractivity contribution in [2.75, 3.05) is 5.32 Å². The summed E-state index contributed by atoms with van der Waals surface area (Å²) in [6.07, 6.45) is 5.36. The summed E-state index contributed by atoms with van der Waals surface area (Å²) in [5.41, 5.74) is 2.43. The van der Waals surface area contributed by atoms with Crippen molar-refractivity contribution < 1.29 is 4.79 Å². The molecule has 160 valence electrons. The van der Waals surface area contributed by atoms with Crippen molar-refractivity contribution in [3.63, 3.8) is 0 Å². The van der Waals surface area contributed by atoms with Crippen LogP contribution in [0, 0.1) is 0 Å². The molecule has 0 bridgehead atoms. The number of hydrogen-bond donors (Lipinski definition) is 1. The normalized spacial score (nSPS) is 16.1. The van der Waals surface area contributed by atoms with Gasteiger partial charge in [-0.05, 0) is 36.6 Å². The summed E-state index contributed by atoms with van der Waals surface area (Å²) in [6.45, 7) is 1.82. The SMILES string of the molecule is CC1=C(C(=O)Nc2ccccc2)[C@H](c2cccs2)n2c(s/c(=C/c3cnn(C)c3)c2=O)=N1. The van der Waals surface area contributed by atoms with Gasteiger partial charge in [-0.1, -0.05) is 35.6 Å². The maximum atomic E-state index is 13.5. The minimum atomic E-state index is -0.536. The number of amides is 1. The molecule has 32 heavy (non-hydrogen) atoms. The number of benzene rings is 1. The number of anilines is 1. The molecule has 0 radical (unpaired) electrons. The molecule has 7 nitrogen and oxygen atoms in total. The Morgan fingerprint density at radius 2 is 2.00 bits per heavy atom. The van der Waals surface area contributed by atoms with Gasteiger partial charge in [0, 0.05) is 29.4 Å². The Morgan fingerprint density at radius 3 is 2.69 bits per heavy atom. The number of fused-ring (bicyclic) bond motifs is 1. The minimum absolute atomic E-state index is 0.173. The number of allylic oxidation sites excluding steroid dienone is 1. The van der Waals surface area contributed by atoms with Gasteiger partial charge in [0.1, 0.15) is 6.04 Å². The quantitative estimate of drug-likeness (QED) is 0.507. The van der Waals surface area contributed by atoms with Crippen molar-refractivity contribution in [3.8, 4) is 0 Å². The van der Waals surface area contributed by atoms with Gasteiger partial charge in [0.15, 0.2) is 4.80 Å². The van der Waals surface area contributed by atoms with Crippen molar-refractivity contribution in [3.05, 3.63) is 102 Å². The number of nitrogens with one attached hydrogen (secondary N) is 1. The Bertz CT molecular complexity index is 1510. The number of nitrogens with zero attached hydrogens (tertiary/aromatic N) is 4. The molecule has 0 saturated carbocycles. The molecule has 1 N–H and O–H groups in total. The molecule has 0 saturated heterocycles. The molecule has 1 aliphatic rings. The Balaban J connectivity index is 1.65. The van der Waals surface area contributed by atoms with Crippen LogP contribution < -0.4 is 20.2 Å². The summed E-state index contributed by atoms with van der Waals surface area (Å²) >= 11 is 2.83. The van der Waals surface area contributed by atoms with Crippen molar-refractivity contribution in [2.45, 2.75) is 13.0 Å². The van der Waals surface area contributed by atoms with Gasteiger partial charge in [0.05, 0.1) is 22.0 Å².